The number of amides is 1. The van der Waals surface area contributed by atoms with Gasteiger partial charge in [0.1, 0.15) is 5.75 Å². The third kappa shape index (κ3) is 5.04. The highest BCUT2D eigenvalue weighted by Gasteiger charge is 2.28. The number of thioether (sulfide) groups is 1. The van der Waals surface area contributed by atoms with Crippen LogP contribution in [0.4, 0.5) is 0 Å². The zero-order valence-electron chi connectivity index (χ0n) is 17.0. The van der Waals surface area contributed by atoms with Crippen molar-refractivity contribution in [3.63, 3.8) is 0 Å². The summed E-state index contributed by atoms with van der Waals surface area (Å²) in [6, 6.07) is 8.61. The molecular formula is C23H34N2O2S. The molecule has 1 aromatic rings. The summed E-state index contributed by atoms with van der Waals surface area (Å²) in [6.07, 6.45) is 8.65. The highest BCUT2D eigenvalue weighted by Crippen LogP contribution is 2.28. The van der Waals surface area contributed by atoms with Gasteiger partial charge in [0.15, 0.2) is 0 Å². The Labute approximate surface area is 174 Å². The first kappa shape index (κ1) is 20.1. The molecule has 0 N–H and O–H groups in total. The lowest BCUT2D eigenvalue weighted by Gasteiger charge is -2.39. The van der Waals surface area contributed by atoms with Crippen molar-refractivity contribution in [1.29, 1.82) is 0 Å². The van der Waals surface area contributed by atoms with Gasteiger partial charge in [-0.1, -0.05) is 12.1 Å². The number of ether oxygens (including phenoxy) is 1. The van der Waals surface area contributed by atoms with Gasteiger partial charge in [-0.15, -0.1) is 0 Å². The summed E-state index contributed by atoms with van der Waals surface area (Å²) in [6.45, 7) is 4.88. The monoisotopic (exact) mass is 402 g/mol. The third-order valence-electron chi connectivity index (χ3n) is 6.49. The minimum Gasteiger partial charge on any atom is -0.492 e. The molecule has 0 bridgehead atoms. The van der Waals surface area contributed by atoms with Gasteiger partial charge in [-0.25, -0.2) is 0 Å². The second-order valence-corrected chi connectivity index (χ2v) is 9.73. The fourth-order valence-corrected chi connectivity index (χ4v) is 5.94. The number of nitrogens with zero attached hydrogens (tertiary/aromatic N) is 2. The minimum absolute atomic E-state index is 0.139. The van der Waals surface area contributed by atoms with Crippen molar-refractivity contribution in [2.45, 2.75) is 51.0 Å². The summed E-state index contributed by atoms with van der Waals surface area (Å²) in [5, 5.41) is 0. The van der Waals surface area contributed by atoms with Crippen LogP contribution in [0.2, 0.25) is 0 Å². The second-order valence-electron chi connectivity index (χ2n) is 8.51. The average molecular weight is 403 g/mol. The summed E-state index contributed by atoms with van der Waals surface area (Å²) < 4.78 is 6.25. The molecule has 3 fully saturated rings. The van der Waals surface area contributed by atoms with Crippen LogP contribution in [0.3, 0.4) is 0 Å². The van der Waals surface area contributed by atoms with E-state index in [-0.39, 0.29) is 5.91 Å². The molecule has 3 saturated heterocycles. The Hall–Kier alpha value is -1.20. The van der Waals surface area contributed by atoms with E-state index in [1.165, 1.54) is 50.2 Å². The summed E-state index contributed by atoms with van der Waals surface area (Å²) >= 11 is 2.10. The maximum atomic E-state index is 13.0. The van der Waals surface area contributed by atoms with E-state index in [4.69, 9.17) is 4.74 Å². The first-order valence-electron chi connectivity index (χ1n) is 11.1. The number of hydrogen-bond acceptors (Lipinski definition) is 4. The fraction of sp³-hybridized carbons (Fsp3) is 0.696. The molecule has 1 unspecified atom stereocenters. The van der Waals surface area contributed by atoms with Gasteiger partial charge in [-0.05, 0) is 75.1 Å². The maximum Gasteiger partial charge on any atom is 0.257 e. The van der Waals surface area contributed by atoms with E-state index in [0.29, 0.717) is 5.92 Å². The van der Waals surface area contributed by atoms with E-state index in [0.717, 1.165) is 56.4 Å². The third-order valence-corrected chi connectivity index (χ3v) is 7.54. The van der Waals surface area contributed by atoms with Gasteiger partial charge in [0.2, 0.25) is 0 Å². The van der Waals surface area contributed by atoms with Crippen LogP contribution in [-0.2, 0) is 0 Å². The zero-order valence-corrected chi connectivity index (χ0v) is 17.8. The number of carbonyl (C=O) groups is 1. The smallest absolute Gasteiger partial charge is 0.257 e. The van der Waals surface area contributed by atoms with E-state index in [2.05, 4.69) is 16.7 Å². The number of hydrogen-bond donors (Lipinski definition) is 0. The summed E-state index contributed by atoms with van der Waals surface area (Å²) in [7, 11) is 0. The van der Waals surface area contributed by atoms with Crippen LogP contribution < -0.4 is 4.74 Å². The number of para-hydroxylation sites is 1. The Kier molecular flexibility index (Phi) is 7.19. The largest absolute Gasteiger partial charge is 0.492 e. The van der Waals surface area contributed by atoms with E-state index < -0.39 is 0 Å². The number of benzene rings is 1. The van der Waals surface area contributed by atoms with Crippen LogP contribution in [0.15, 0.2) is 24.3 Å². The highest BCUT2D eigenvalue weighted by atomic mass is 32.2. The molecule has 1 atom stereocenters. The van der Waals surface area contributed by atoms with Crippen molar-refractivity contribution in [3.05, 3.63) is 29.8 Å². The standard InChI is InChI=1S/C23H34N2O2S/c26-23(24-12-4-1-5-13-24)21-8-2-3-9-22(21)27-18-19-7-6-14-25(17-19)20-10-15-28-16-11-20/h2-3,8-9,19-20H,1,4-7,10-18H2. The van der Waals surface area contributed by atoms with Crippen molar-refractivity contribution < 1.29 is 9.53 Å². The summed E-state index contributed by atoms with van der Waals surface area (Å²) in [5.74, 6) is 4.11. The van der Waals surface area contributed by atoms with Gasteiger partial charge in [-0.3, -0.25) is 9.69 Å². The molecule has 0 aliphatic carbocycles. The van der Waals surface area contributed by atoms with Crippen molar-refractivity contribution in [2.75, 3.05) is 44.3 Å². The first-order valence-corrected chi connectivity index (χ1v) is 12.3. The van der Waals surface area contributed by atoms with Crippen LogP contribution in [0.1, 0.15) is 55.3 Å². The Morgan fingerprint density at radius 3 is 2.61 bits per heavy atom. The van der Waals surface area contributed by atoms with E-state index in [9.17, 15) is 4.79 Å². The Morgan fingerprint density at radius 2 is 1.79 bits per heavy atom. The predicted octanol–water partition coefficient (Wildman–Crippen LogP) is 4.30. The van der Waals surface area contributed by atoms with Gasteiger partial charge in [0.25, 0.3) is 5.91 Å². The summed E-state index contributed by atoms with van der Waals surface area (Å²) in [5.41, 5.74) is 0.737. The molecular weight excluding hydrogens is 368 g/mol. The van der Waals surface area contributed by atoms with Crippen molar-refractivity contribution in [2.24, 2.45) is 5.92 Å². The average Bonchev–Trinajstić information content (AvgIpc) is 2.79. The lowest BCUT2D eigenvalue weighted by atomic mass is 9.96. The molecule has 3 aliphatic rings. The normalized spacial score (nSPS) is 24.9. The van der Waals surface area contributed by atoms with Gasteiger partial charge in [0.05, 0.1) is 12.2 Å². The van der Waals surface area contributed by atoms with Crippen molar-refractivity contribution in [3.8, 4) is 5.75 Å². The van der Waals surface area contributed by atoms with Crippen molar-refractivity contribution >= 4 is 17.7 Å². The van der Waals surface area contributed by atoms with Crippen LogP contribution in [0.5, 0.6) is 5.75 Å². The second kappa shape index (κ2) is 10.0. The molecule has 4 nitrogen and oxygen atoms in total. The Morgan fingerprint density at radius 1 is 1.00 bits per heavy atom. The molecule has 1 aromatic carbocycles. The molecule has 4 rings (SSSR count). The molecule has 3 heterocycles. The SMILES string of the molecule is O=C(c1ccccc1OCC1CCCN(C2CCSCC2)C1)N1CCCCC1. The molecule has 0 spiro atoms. The highest BCUT2D eigenvalue weighted by molar-refractivity contribution is 7.99. The van der Waals surface area contributed by atoms with Crippen LogP contribution in [0.25, 0.3) is 0 Å². The molecule has 28 heavy (non-hydrogen) atoms. The molecule has 154 valence electrons. The lowest BCUT2D eigenvalue weighted by Crippen LogP contribution is -2.45. The molecule has 0 aromatic heterocycles. The topological polar surface area (TPSA) is 32.8 Å². The molecule has 0 saturated carbocycles. The first-order chi connectivity index (χ1) is 13.8. The Balaban J connectivity index is 1.34. The van der Waals surface area contributed by atoms with E-state index >= 15 is 0 Å². The van der Waals surface area contributed by atoms with Crippen LogP contribution in [0, 0.1) is 5.92 Å². The minimum atomic E-state index is 0.139. The van der Waals surface area contributed by atoms with E-state index in [1.807, 2.05) is 29.2 Å². The van der Waals surface area contributed by atoms with Gasteiger partial charge >= 0.3 is 0 Å². The zero-order chi connectivity index (χ0) is 19.2. The number of piperidine rings is 2. The molecule has 1 amide bonds. The van der Waals surface area contributed by atoms with Gasteiger partial charge in [-0.2, -0.15) is 11.8 Å². The fourth-order valence-electron chi connectivity index (χ4n) is 4.86. The number of rotatable bonds is 5. The number of carbonyl (C=O) groups excluding carboxylic acids is 1. The molecule has 0 radical (unpaired) electrons. The predicted molar refractivity (Wildman–Crippen MR) is 116 cm³/mol. The van der Waals surface area contributed by atoms with Crippen molar-refractivity contribution in [1.82, 2.24) is 9.80 Å². The summed E-state index contributed by atoms with van der Waals surface area (Å²) in [4.78, 5) is 17.7. The van der Waals surface area contributed by atoms with E-state index in [1.54, 1.807) is 0 Å². The van der Waals surface area contributed by atoms with Gasteiger partial charge in [0, 0.05) is 31.6 Å². The molecule has 3 aliphatic heterocycles. The van der Waals surface area contributed by atoms with Crippen LogP contribution >= 0.6 is 11.8 Å². The lowest BCUT2D eigenvalue weighted by molar-refractivity contribution is 0.0711. The number of likely N-dealkylation sites (tertiary alicyclic amines) is 2. The molecule has 5 heteroatoms. The maximum absolute atomic E-state index is 13.0. The van der Waals surface area contributed by atoms with Crippen LogP contribution in [-0.4, -0.2) is 66.0 Å². The van der Waals surface area contributed by atoms with Gasteiger partial charge < -0.3 is 9.64 Å². The quantitative estimate of drug-likeness (QED) is 0.735. The Bertz CT molecular complexity index is 641.